The SMILES string of the molecule is C=C(/N=C\C(=C/C)c1ccccn1)O[C@H]1CCCC[C@@H]1N(C)C. The third-order valence-corrected chi connectivity index (χ3v) is 4.24. The molecule has 1 saturated carbocycles. The molecule has 1 aliphatic carbocycles. The zero-order chi connectivity index (χ0) is 16.7. The first kappa shape index (κ1) is 17.4. The van der Waals surface area contributed by atoms with Gasteiger partial charge in [-0.3, -0.25) is 4.98 Å². The maximum Gasteiger partial charge on any atom is 0.206 e. The second kappa shape index (κ2) is 8.63. The van der Waals surface area contributed by atoms with Gasteiger partial charge in [-0.05, 0) is 59.0 Å². The molecule has 1 aromatic heterocycles. The van der Waals surface area contributed by atoms with Crippen molar-refractivity contribution in [2.75, 3.05) is 14.1 Å². The van der Waals surface area contributed by atoms with Crippen LogP contribution < -0.4 is 0 Å². The summed E-state index contributed by atoms with van der Waals surface area (Å²) in [5, 5.41) is 0. The lowest BCUT2D eigenvalue weighted by Gasteiger charge is -2.35. The lowest BCUT2D eigenvalue weighted by molar-refractivity contribution is 0.0149. The molecule has 0 bridgehead atoms. The van der Waals surface area contributed by atoms with Crippen molar-refractivity contribution in [2.45, 2.75) is 44.8 Å². The first-order chi connectivity index (χ1) is 11.1. The van der Waals surface area contributed by atoms with Crippen molar-refractivity contribution in [3.63, 3.8) is 0 Å². The van der Waals surface area contributed by atoms with Crippen molar-refractivity contribution in [1.82, 2.24) is 9.88 Å². The third kappa shape index (κ3) is 5.03. The predicted molar refractivity (Wildman–Crippen MR) is 96.3 cm³/mol. The van der Waals surface area contributed by atoms with E-state index in [0.29, 0.717) is 11.9 Å². The number of likely N-dealkylation sites (N-methyl/N-ethyl adjacent to an activating group) is 1. The number of rotatable bonds is 6. The van der Waals surface area contributed by atoms with Crippen molar-refractivity contribution in [3.8, 4) is 0 Å². The Kier molecular flexibility index (Phi) is 6.53. The molecule has 0 aliphatic heterocycles. The second-order valence-electron chi connectivity index (χ2n) is 6.08. The average molecular weight is 313 g/mol. The maximum absolute atomic E-state index is 6.01. The predicted octanol–water partition coefficient (Wildman–Crippen LogP) is 3.92. The van der Waals surface area contributed by atoms with E-state index in [1.807, 2.05) is 31.2 Å². The standard InChI is InChI=1S/C19H27N3O/c1-5-16(17-10-8-9-13-20-17)14-21-15(2)23-19-12-7-6-11-18(19)22(3)4/h5,8-10,13-14,18-19H,2,6-7,11-12H2,1,3-4H3/b16-5+,21-14-/t18-,19-/m0/s1. The minimum absolute atomic E-state index is 0.173. The van der Waals surface area contributed by atoms with Crippen LogP contribution in [-0.4, -0.2) is 42.3 Å². The molecule has 2 atom stereocenters. The highest BCUT2D eigenvalue weighted by molar-refractivity contribution is 6.09. The molecule has 0 radical (unpaired) electrons. The molecule has 1 fully saturated rings. The Labute approximate surface area is 139 Å². The van der Waals surface area contributed by atoms with E-state index in [2.05, 4.69) is 35.6 Å². The summed E-state index contributed by atoms with van der Waals surface area (Å²) in [5.41, 5.74) is 1.86. The van der Waals surface area contributed by atoms with E-state index in [1.165, 1.54) is 19.3 Å². The summed E-state index contributed by atoms with van der Waals surface area (Å²) in [7, 11) is 4.22. The molecule has 4 nitrogen and oxygen atoms in total. The first-order valence-electron chi connectivity index (χ1n) is 8.25. The highest BCUT2D eigenvalue weighted by Crippen LogP contribution is 2.26. The van der Waals surface area contributed by atoms with E-state index in [0.717, 1.165) is 17.7 Å². The van der Waals surface area contributed by atoms with E-state index < -0.39 is 0 Å². The van der Waals surface area contributed by atoms with Crippen LogP contribution in [0.1, 0.15) is 38.3 Å². The van der Waals surface area contributed by atoms with Gasteiger partial charge >= 0.3 is 0 Å². The summed E-state index contributed by atoms with van der Waals surface area (Å²) < 4.78 is 6.01. The van der Waals surface area contributed by atoms with Crippen LogP contribution in [0.4, 0.5) is 0 Å². The molecule has 1 aliphatic rings. The molecule has 1 heterocycles. The molecule has 0 saturated heterocycles. The van der Waals surface area contributed by atoms with Gasteiger partial charge in [0.15, 0.2) is 0 Å². The molecule has 0 N–H and O–H groups in total. The highest BCUT2D eigenvalue weighted by Gasteiger charge is 2.28. The molecule has 0 amide bonds. The van der Waals surface area contributed by atoms with E-state index in [4.69, 9.17) is 4.74 Å². The fourth-order valence-electron chi connectivity index (χ4n) is 2.97. The van der Waals surface area contributed by atoms with Gasteiger partial charge in [-0.2, -0.15) is 0 Å². The molecule has 0 spiro atoms. The number of hydrogen-bond donors (Lipinski definition) is 0. The molecule has 0 aromatic carbocycles. The Balaban J connectivity index is 1.98. The number of hydrogen-bond acceptors (Lipinski definition) is 4. The van der Waals surface area contributed by atoms with Crippen LogP contribution in [0.15, 0.2) is 47.9 Å². The summed E-state index contributed by atoms with van der Waals surface area (Å²) in [5.74, 6) is 0.471. The Hall–Kier alpha value is -1.94. The Morgan fingerprint density at radius 3 is 2.78 bits per heavy atom. The summed E-state index contributed by atoms with van der Waals surface area (Å²) in [6.45, 7) is 5.93. The fourth-order valence-corrected chi connectivity index (χ4v) is 2.97. The Bertz CT molecular complexity index is 563. The largest absolute Gasteiger partial charge is 0.473 e. The summed E-state index contributed by atoms with van der Waals surface area (Å²) in [4.78, 5) is 11.0. The van der Waals surface area contributed by atoms with Crippen molar-refractivity contribution in [2.24, 2.45) is 4.99 Å². The third-order valence-electron chi connectivity index (χ3n) is 4.24. The smallest absolute Gasteiger partial charge is 0.206 e. The molecule has 0 unspecified atom stereocenters. The van der Waals surface area contributed by atoms with Crippen LogP contribution >= 0.6 is 0 Å². The van der Waals surface area contributed by atoms with Crippen LogP contribution in [0.3, 0.4) is 0 Å². The lowest BCUT2D eigenvalue weighted by atomic mass is 9.92. The van der Waals surface area contributed by atoms with E-state index in [9.17, 15) is 0 Å². The molecular formula is C19H27N3O. The second-order valence-corrected chi connectivity index (χ2v) is 6.08. The average Bonchev–Trinajstić information content (AvgIpc) is 2.56. The quantitative estimate of drug-likeness (QED) is 0.590. The fraction of sp³-hybridized carbons (Fsp3) is 0.474. The Morgan fingerprint density at radius 1 is 1.35 bits per heavy atom. The van der Waals surface area contributed by atoms with Gasteiger partial charge in [0.2, 0.25) is 5.88 Å². The minimum atomic E-state index is 0.173. The van der Waals surface area contributed by atoms with Crippen LogP contribution in [0.5, 0.6) is 0 Å². The minimum Gasteiger partial charge on any atom is -0.473 e. The van der Waals surface area contributed by atoms with Gasteiger partial charge in [-0.1, -0.05) is 18.6 Å². The van der Waals surface area contributed by atoms with Gasteiger partial charge in [0, 0.05) is 24.0 Å². The van der Waals surface area contributed by atoms with Crippen LogP contribution in [0.25, 0.3) is 5.57 Å². The molecular weight excluding hydrogens is 286 g/mol. The van der Waals surface area contributed by atoms with Gasteiger partial charge in [-0.15, -0.1) is 0 Å². The van der Waals surface area contributed by atoms with Gasteiger partial charge in [0.1, 0.15) is 6.10 Å². The molecule has 4 heteroatoms. The molecule has 23 heavy (non-hydrogen) atoms. The number of pyridine rings is 1. The molecule has 124 valence electrons. The van der Waals surface area contributed by atoms with Crippen molar-refractivity contribution in [3.05, 3.63) is 48.6 Å². The first-order valence-corrected chi connectivity index (χ1v) is 8.25. The normalized spacial score (nSPS) is 22.5. The molecule has 1 aromatic rings. The van der Waals surface area contributed by atoms with Crippen molar-refractivity contribution < 1.29 is 4.74 Å². The maximum atomic E-state index is 6.01. The monoisotopic (exact) mass is 313 g/mol. The zero-order valence-electron chi connectivity index (χ0n) is 14.4. The van der Waals surface area contributed by atoms with Crippen LogP contribution in [0.2, 0.25) is 0 Å². The highest BCUT2D eigenvalue weighted by atomic mass is 16.5. The van der Waals surface area contributed by atoms with Gasteiger partial charge in [-0.25, -0.2) is 4.99 Å². The zero-order valence-corrected chi connectivity index (χ0v) is 14.4. The van der Waals surface area contributed by atoms with E-state index >= 15 is 0 Å². The summed E-state index contributed by atoms with van der Waals surface area (Å²) in [6.07, 6.45) is 10.4. The summed E-state index contributed by atoms with van der Waals surface area (Å²) in [6, 6.07) is 6.27. The molecule has 2 rings (SSSR count). The number of ether oxygens (including phenoxy) is 1. The van der Waals surface area contributed by atoms with Crippen LogP contribution in [-0.2, 0) is 4.74 Å². The van der Waals surface area contributed by atoms with Crippen molar-refractivity contribution in [1.29, 1.82) is 0 Å². The van der Waals surface area contributed by atoms with E-state index in [1.54, 1.807) is 12.4 Å². The number of nitrogens with zero attached hydrogens (tertiary/aromatic N) is 3. The van der Waals surface area contributed by atoms with Gasteiger partial charge in [0.25, 0.3) is 0 Å². The lowest BCUT2D eigenvalue weighted by Crippen LogP contribution is -2.42. The topological polar surface area (TPSA) is 37.7 Å². The van der Waals surface area contributed by atoms with E-state index in [-0.39, 0.29) is 6.10 Å². The van der Waals surface area contributed by atoms with Gasteiger partial charge < -0.3 is 9.64 Å². The number of aliphatic imine (C=N–C) groups is 1. The van der Waals surface area contributed by atoms with Crippen molar-refractivity contribution >= 4 is 11.8 Å². The Morgan fingerprint density at radius 2 is 2.13 bits per heavy atom. The summed E-state index contributed by atoms with van der Waals surface area (Å²) >= 11 is 0. The van der Waals surface area contributed by atoms with Crippen LogP contribution in [0, 0.1) is 0 Å². The number of aromatic nitrogens is 1. The number of allylic oxidation sites excluding steroid dienone is 2. The van der Waals surface area contributed by atoms with Gasteiger partial charge in [0.05, 0.1) is 5.69 Å².